The van der Waals surface area contributed by atoms with E-state index in [1.807, 2.05) is 27.7 Å². The molecule has 24 heavy (non-hydrogen) atoms. The number of carbonyl (C=O) groups is 1. The van der Waals surface area contributed by atoms with E-state index in [0.29, 0.717) is 32.4 Å². The molecule has 0 radical (unpaired) electrons. The van der Waals surface area contributed by atoms with Crippen LogP contribution >= 0.6 is 0 Å². The molecule has 130 valence electrons. The summed E-state index contributed by atoms with van der Waals surface area (Å²) in [6.45, 7) is 8.38. The second kappa shape index (κ2) is 6.80. The van der Waals surface area contributed by atoms with Crippen molar-refractivity contribution in [1.82, 2.24) is 4.90 Å². The molecule has 1 aliphatic heterocycles. The van der Waals surface area contributed by atoms with Crippen LogP contribution in [0.4, 0.5) is 9.18 Å². The van der Waals surface area contributed by atoms with E-state index in [0.717, 1.165) is 11.1 Å². The zero-order valence-electron chi connectivity index (χ0n) is 14.9. The second-order valence-electron chi connectivity index (χ2n) is 7.61. The molecule has 1 fully saturated rings. The molecule has 1 saturated heterocycles. The molecule has 1 aromatic carbocycles. The van der Waals surface area contributed by atoms with Gasteiger partial charge >= 0.3 is 6.09 Å². The highest BCUT2D eigenvalue weighted by molar-refractivity contribution is 5.68. The maximum absolute atomic E-state index is 13.3. The first-order valence-electron chi connectivity index (χ1n) is 8.28. The Labute approximate surface area is 143 Å². The molecule has 0 aliphatic carbocycles. The summed E-state index contributed by atoms with van der Waals surface area (Å²) in [5, 5.41) is 9.70. The molecule has 0 bridgehead atoms. The van der Waals surface area contributed by atoms with Crippen molar-refractivity contribution >= 4 is 6.09 Å². The van der Waals surface area contributed by atoms with Gasteiger partial charge in [-0.2, -0.15) is 5.26 Å². The van der Waals surface area contributed by atoms with E-state index in [1.165, 1.54) is 12.1 Å². The number of aryl methyl sites for hydroxylation is 1. The first-order valence-corrected chi connectivity index (χ1v) is 8.28. The molecule has 0 N–H and O–H groups in total. The summed E-state index contributed by atoms with van der Waals surface area (Å²) in [4.78, 5) is 13.8. The normalized spacial score (nSPS) is 17.2. The van der Waals surface area contributed by atoms with Crippen LogP contribution in [0, 0.1) is 29.5 Å². The zero-order chi connectivity index (χ0) is 18.0. The van der Waals surface area contributed by atoms with Crippen molar-refractivity contribution in [2.45, 2.75) is 52.6 Å². The lowest BCUT2D eigenvalue weighted by molar-refractivity contribution is 0.0148. The van der Waals surface area contributed by atoms with E-state index in [4.69, 9.17) is 4.74 Å². The number of benzene rings is 1. The second-order valence-corrected chi connectivity index (χ2v) is 7.61. The number of rotatable bonds is 2. The number of amides is 1. The third-order valence-corrected chi connectivity index (χ3v) is 4.44. The van der Waals surface area contributed by atoms with Crippen LogP contribution in [0.5, 0.6) is 0 Å². The maximum Gasteiger partial charge on any atom is 0.410 e. The lowest BCUT2D eigenvalue weighted by Gasteiger charge is -2.38. The van der Waals surface area contributed by atoms with E-state index >= 15 is 0 Å². The van der Waals surface area contributed by atoms with E-state index in [1.54, 1.807) is 11.0 Å². The third kappa shape index (κ3) is 4.47. The lowest BCUT2D eigenvalue weighted by atomic mass is 9.74. The van der Waals surface area contributed by atoms with Crippen LogP contribution in [0.1, 0.15) is 44.7 Å². The minimum Gasteiger partial charge on any atom is -0.444 e. The fourth-order valence-electron chi connectivity index (χ4n) is 2.99. The summed E-state index contributed by atoms with van der Waals surface area (Å²) >= 11 is 0. The SMILES string of the molecule is Cc1cc(F)ccc1CC1(C#N)CCN(C(=O)OC(C)(C)C)CC1. The third-order valence-electron chi connectivity index (χ3n) is 4.44. The van der Waals surface area contributed by atoms with Crippen LogP contribution < -0.4 is 0 Å². The molecule has 0 spiro atoms. The van der Waals surface area contributed by atoms with Gasteiger partial charge in [-0.15, -0.1) is 0 Å². The van der Waals surface area contributed by atoms with Gasteiger partial charge in [-0.1, -0.05) is 6.07 Å². The van der Waals surface area contributed by atoms with Crippen molar-refractivity contribution in [3.63, 3.8) is 0 Å². The van der Waals surface area contributed by atoms with E-state index < -0.39 is 11.0 Å². The number of piperidine rings is 1. The number of carbonyl (C=O) groups excluding carboxylic acids is 1. The summed E-state index contributed by atoms with van der Waals surface area (Å²) < 4.78 is 18.6. The Bertz CT molecular complexity index is 650. The van der Waals surface area contributed by atoms with Crippen molar-refractivity contribution in [1.29, 1.82) is 5.26 Å². The predicted molar refractivity (Wildman–Crippen MR) is 89.9 cm³/mol. The number of likely N-dealkylation sites (tertiary alicyclic amines) is 1. The van der Waals surface area contributed by atoms with Crippen LogP contribution in [0.25, 0.3) is 0 Å². The molecular weight excluding hydrogens is 307 g/mol. The minimum atomic E-state index is -0.522. The largest absolute Gasteiger partial charge is 0.444 e. The Kier molecular flexibility index (Phi) is 5.17. The van der Waals surface area contributed by atoms with Crippen molar-refractivity contribution < 1.29 is 13.9 Å². The molecule has 5 heteroatoms. The molecule has 1 aliphatic rings. The summed E-state index contributed by atoms with van der Waals surface area (Å²) in [5.41, 5.74) is 0.815. The molecule has 1 heterocycles. The van der Waals surface area contributed by atoms with Gasteiger partial charge in [0.25, 0.3) is 0 Å². The quantitative estimate of drug-likeness (QED) is 0.815. The molecule has 0 saturated carbocycles. The van der Waals surface area contributed by atoms with Crippen molar-refractivity contribution in [3.8, 4) is 6.07 Å². The zero-order valence-corrected chi connectivity index (χ0v) is 14.9. The maximum atomic E-state index is 13.3. The molecule has 4 nitrogen and oxygen atoms in total. The highest BCUT2D eigenvalue weighted by Crippen LogP contribution is 2.35. The molecular formula is C19H25FN2O2. The molecule has 0 unspecified atom stereocenters. The highest BCUT2D eigenvalue weighted by atomic mass is 19.1. The summed E-state index contributed by atoms with van der Waals surface area (Å²) in [6.07, 6.45) is 1.45. The number of nitrogens with zero attached hydrogens (tertiary/aromatic N) is 2. The van der Waals surface area contributed by atoms with Crippen molar-refractivity contribution in [2.75, 3.05) is 13.1 Å². The van der Waals surface area contributed by atoms with E-state index in [9.17, 15) is 14.4 Å². The minimum absolute atomic E-state index is 0.262. The number of nitriles is 1. The average Bonchev–Trinajstić information content (AvgIpc) is 2.49. The number of halogens is 1. The van der Waals surface area contributed by atoms with Gasteiger partial charge in [0.15, 0.2) is 0 Å². The Morgan fingerprint density at radius 1 is 1.38 bits per heavy atom. The Hall–Kier alpha value is -2.09. The van der Waals surface area contributed by atoms with Crippen LogP contribution in [0.15, 0.2) is 18.2 Å². The fraction of sp³-hybridized carbons (Fsp3) is 0.579. The molecule has 0 atom stereocenters. The van der Waals surface area contributed by atoms with Gasteiger partial charge in [-0.3, -0.25) is 0 Å². The summed E-state index contributed by atoms with van der Waals surface area (Å²) in [7, 11) is 0. The summed E-state index contributed by atoms with van der Waals surface area (Å²) in [5.74, 6) is -0.262. The van der Waals surface area contributed by atoms with Gasteiger partial charge in [-0.25, -0.2) is 9.18 Å². The first kappa shape index (κ1) is 18.3. The van der Waals surface area contributed by atoms with Crippen LogP contribution in [-0.2, 0) is 11.2 Å². The average molecular weight is 332 g/mol. The number of ether oxygens (including phenoxy) is 1. The smallest absolute Gasteiger partial charge is 0.410 e. The van der Waals surface area contributed by atoms with Gasteiger partial charge in [0.05, 0.1) is 11.5 Å². The molecule has 1 aromatic rings. The van der Waals surface area contributed by atoms with Gasteiger partial charge in [0.2, 0.25) is 0 Å². The van der Waals surface area contributed by atoms with E-state index in [2.05, 4.69) is 6.07 Å². The Morgan fingerprint density at radius 3 is 2.50 bits per heavy atom. The highest BCUT2D eigenvalue weighted by Gasteiger charge is 2.37. The number of hydrogen-bond acceptors (Lipinski definition) is 3. The van der Waals surface area contributed by atoms with Crippen LogP contribution in [0.2, 0.25) is 0 Å². The standard InChI is InChI=1S/C19H25FN2O2/c1-14-11-16(20)6-5-15(14)12-19(13-21)7-9-22(10-8-19)17(23)24-18(2,3)4/h5-6,11H,7-10,12H2,1-4H3. The van der Waals surface area contributed by atoms with Gasteiger partial charge in [-0.05, 0) is 70.2 Å². The first-order chi connectivity index (χ1) is 11.1. The van der Waals surface area contributed by atoms with Crippen molar-refractivity contribution in [2.24, 2.45) is 5.41 Å². The van der Waals surface area contributed by atoms with Crippen LogP contribution in [0.3, 0.4) is 0 Å². The van der Waals surface area contributed by atoms with Crippen LogP contribution in [-0.4, -0.2) is 29.7 Å². The number of hydrogen-bond donors (Lipinski definition) is 0. The molecule has 2 rings (SSSR count). The lowest BCUT2D eigenvalue weighted by Crippen LogP contribution is -2.45. The van der Waals surface area contributed by atoms with Crippen molar-refractivity contribution in [3.05, 3.63) is 35.1 Å². The Morgan fingerprint density at radius 2 is 2.00 bits per heavy atom. The predicted octanol–water partition coefficient (Wildman–Crippen LogP) is 4.22. The topological polar surface area (TPSA) is 53.3 Å². The van der Waals surface area contributed by atoms with Gasteiger partial charge in [0, 0.05) is 13.1 Å². The molecule has 0 aromatic heterocycles. The van der Waals surface area contributed by atoms with Gasteiger partial charge < -0.3 is 9.64 Å². The Balaban J connectivity index is 2.04. The monoisotopic (exact) mass is 332 g/mol. The fourth-order valence-corrected chi connectivity index (χ4v) is 2.99. The summed E-state index contributed by atoms with van der Waals surface area (Å²) in [6, 6.07) is 7.13. The molecule has 1 amide bonds. The van der Waals surface area contributed by atoms with E-state index in [-0.39, 0.29) is 11.9 Å². The van der Waals surface area contributed by atoms with Gasteiger partial charge in [0.1, 0.15) is 11.4 Å².